The first-order valence-electron chi connectivity index (χ1n) is 5.95. The number of halogens is 1. The Hall–Kier alpha value is 0.210. The van der Waals surface area contributed by atoms with Crippen molar-refractivity contribution < 1.29 is 9.47 Å². The Morgan fingerprint density at radius 3 is 2.47 bits per heavy atom. The van der Waals surface area contributed by atoms with E-state index in [1.54, 1.807) is 0 Å². The SMILES string of the molecule is CC1(C)OCC(CC2CCOCC2)C1Cl. The third kappa shape index (κ3) is 2.66. The fraction of sp³-hybridized carbons (Fsp3) is 1.00. The molecule has 0 radical (unpaired) electrons. The molecule has 2 fully saturated rings. The molecule has 0 spiro atoms. The van der Waals surface area contributed by atoms with Crippen molar-refractivity contribution in [2.45, 2.75) is 44.1 Å². The molecule has 0 saturated carbocycles. The quantitative estimate of drug-likeness (QED) is 0.682. The Morgan fingerprint density at radius 1 is 1.27 bits per heavy atom. The predicted molar refractivity (Wildman–Crippen MR) is 61.3 cm³/mol. The first-order valence-corrected chi connectivity index (χ1v) is 6.39. The zero-order valence-electron chi connectivity index (χ0n) is 9.67. The lowest BCUT2D eigenvalue weighted by atomic mass is 9.85. The van der Waals surface area contributed by atoms with Crippen LogP contribution in [0.15, 0.2) is 0 Å². The summed E-state index contributed by atoms with van der Waals surface area (Å²) < 4.78 is 11.1. The normalized spacial score (nSPS) is 37.0. The minimum absolute atomic E-state index is 0.141. The highest BCUT2D eigenvalue weighted by Gasteiger charge is 2.42. The van der Waals surface area contributed by atoms with Crippen molar-refractivity contribution >= 4 is 11.6 Å². The van der Waals surface area contributed by atoms with Gasteiger partial charge in [-0.15, -0.1) is 11.6 Å². The Labute approximate surface area is 97.3 Å². The maximum Gasteiger partial charge on any atom is 0.0793 e. The summed E-state index contributed by atoms with van der Waals surface area (Å²) in [5.41, 5.74) is -0.141. The molecule has 0 amide bonds. The molecule has 2 aliphatic rings. The summed E-state index contributed by atoms with van der Waals surface area (Å²) in [5, 5.41) is 0.167. The average molecular weight is 233 g/mol. The monoisotopic (exact) mass is 232 g/mol. The van der Waals surface area contributed by atoms with Crippen LogP contribution in [-0.2, 0) is 9.47 Å². The molecule has 2 aliphatic heterocycles. The van der Waals surface area contributed by atoms with Gasteiger partial charge in [0.2, 0.25) is 0 Å². The van der Waals surface area contributed by atoms with Crippen molar-refractivity contribution in [2.24, 2.45) is 11.8 Å². The van der Waals surface area contributed by atoms with E-state index in [4.69, 9.17) is 21.1 Å². The third-order valence-corrected chi connectivity index (χ3v) is 4.61. The second-order valence-electron chi connectivity index (χ2n) is 5.37. The summed E-state index contributed by atoms with van der Waals surface area (Å²) in [4.78, 5) is 0. The van der Waals surface area contributed by atoms with Crippen LogP contribution in [0.3, 0.4) is 0 Å². The Morgan fingerprint density at radius 2 is 1.93 bits per heavy atom. The van der Waals surface area contributed by atoms with Crippen LogP contribution in [0.4, 0.5) is 0 Å². The first-order chi connectivity index (χ1) is 7.09. The second-order valence-corrected chi connectivity index (χ2v) is 5.84. The Bertz CT molecular complexity index is 212. The van der Waals surface area contributed by atoms with Crippen molar-refractivity contribution in [2.75, 3.05) is 19.8 Å². The molecule has 15 heavy (non-hydrogen) atoms. The van der Waals surface area contributed by atoms with Crippen LogP contribution in [0.5, 0.6) is 0 Å². The van der Waals surface area contributed by atoms with Gasteiger partial charge in [-0.2, -0.15) is 0 Å². The molecule has 88 valence electrons. The van der Waals surface area contributed by atoms with E-state index in [0.717, 1.165) is 25.7 Å². The minimum Gasteiger partial charge on any atom is -0.381 e. The van der Waals surface area contributed by atoms with E-state index in [-0.39, 0.29) is 11.0 Å². The van der Waals surface area contributed by atoms with Crippen molar-refractivity contribution in [1.82, 2.24) is 0 Å². The van der Waals surface area contributed by atoms with Gasteiger partial charge in [0.25, 0.3) is 0 Å². The van der Waals surface area contributed by atoms with E-state index in [1.165, 1.54) is 19.3 Å². The van der Waals surface area contributed by atoms with Crippen molar-refractivity contribution in [1.29, 1.82) is 0 Å². The lowest BCUT2D eigenvalue weighted by Gasteiger charge is -2.27. The van der Waals surface area contributed by atoms with Crippen molar-refractivity contribution in [3.63, 3.8) is 0 Å². The summed E-state index contributed by atoms with van der Waals surface area (Å²) >= 11 is 6.43. The number of rotatable bonds is 2. The molecule has 2 nitrogen and oxygen atoms in total. The molecule has 0 aromatic heterocycles. The van der Waals surface area contributed by atoms with Gasteiger partial charge in [0.15, 0.2) is 0 Å². The predicted octanol–water partition coefficient (Wildman–Crippen LogP) is 2.84. The molecule has 0 aromatic carbocycles. The lowest BCUT2D eigenvalue weighted by Crippen LogP contribution is -2.31. The van der Waals surface area contributed by atoms with E-state index in [9.17, 15) is 0 Å². The van der Waals surface area contributed by atoms with Crippen LogP contribution < -0.4 is 0 Å². The van der Waals surface area contributed by atoms with E-state index >= 15 is 0 Å². The van der Waals surface area contributed by atoms with Crippen LogP contribution >= 0.6 is 11.6 Å². The number of alkyl halides is 1. The van der Waals surface area contributed by atoms with Gasteiger partial charge in [-0.05, 0) is 39.0 Å². The molecule has 0 N–H and O–H groups in total. The molecular formula is C12H21ClO2. The average Bonchev–Trinajstić information content (AvgIpc) is 2.47. The molecule has 2 heterocycles. The van der Waals surface area contributed by atoms with Crippen LogP contribution in [0, 0.1) is 11.8 Å². The van der Waals surface area contributed by atoms with Crippen LogP contribution in [0.1, 0.15) is 33.1 Å². The second kappa shape index (κ2) is 4.60. The minimum atomic E-state index is -0.141. The van der Waals surface area contributed by atoms with Gasteiger partial charge in [-0.1, -0.05) is 0 Å². The van der Waals surface area contributed by atoms with E-state index < -0.39 is 0 Å². The van der Waals surface area contributed by atoms with E-state index in [2.05, 4.69) is 13.8 Å². The van der Waals surface area contributed by atoms with Gasteiger partial charge >= 0.3 is 0 Å². The number of hydrogen-bond donors (Lipinski definition) is 0. The fourth-order valence-corrected chi connectivity index (χ4v) is 2.89. The molecule has 2 saturated heterocycles. The summed E-state index contributed by atoms with van der Waals surface area (Å²) in [7, 11) is 0. The van der Waals surface area contributed by atoms with Gasteiger partial charge in [-0.3, -0.25) is 0 Å². The number of ether oxygens (including phenoxy) is 2. The standard InChI is InChI=1S/C12H21ClO2/c1-12(2)11(13)10(8-15-12)7-9-3-5-14-6-4-9/h9-11H,3-8H2,1-2H3. The number of hydrogen-bond acceptors (Lipinski definition) is 2. The largest absolute Gasteiger partial charge is 0.381 e. The topological polar surface area (TPSA) is 18.5 Å². The maximum atomic E-state index is 6.43. The maximum absolute atomic E-state index is 6.43. The van der Waals surface area contributed by atoms with Gasteiger partial charge in [0, 0.05) is 19.1 Å². The molecule has 2 unspecified atom stereocenters. The van der Waals surface area contributed by atoms with E-state index in [1.807, 2.05) is 0 Å². The summed E-state index contributed by atoms with van der Waals surface area (Å²) in [6, 6.07) is 0. The van der Waals surface area contributed by atoms with Gasteiger partial charge < -0.3 is 9.47 Å². The highest BCUT2D eigenvalue weighted by molar-refractivity contribution is 6.21. The van der Waals surface area contributed by atoms with Crippen molar-refractivity contribution in [3.8, 4) is 0 Å². The highest BCUT2D eigenvalue weighted by Crippen LogP contribution is 2.38. The van der Waals surface area contributed by atoms with Crippen molar-refractivity contribution in [3.05, 3.63) is 0 Å². The molecular weight excluding hydrogens is 212 g/mol. The van der Waals surface area contributed by atoms with Crippen LogP contribution in [0.25, 0.3) is 0 Å². The van der Waals surface area contributed by atoms with Crippen LogP contribution in [-0.4, -0.2) is 30.8 Å². The van der Waals surface area contributed by atoms with Gasteiger partial charge in [-0.25, -0.2) is 0 Å². The smallest absolute Gasteiger partial charge is 0.0793 e. The van der Waals surface area contributed by atoms with Crippen LogP contribution in [0.2, 0.25) is 0 Å². The molecule has 0 aromatic rings. The summed E-state index contributed by atoms with van der Waals surface area (Å²) in [5.74, 6) is 1.33. The fourth-order valence-electron chi connectivity index (χ4n) is 2.65. The van der Waals surface area contributed by atoms with Gasteiger partial charge in [0.05, 0.1) is 17.6 Å². The summed E-state index contributed by atoms with van der Waals surface area (Å²) in [6.45, 7) is 6.87. The Balaban J connectivity index is 1.84. The lowest BCUT2D eigenvalue weighted by molar-refractivity contribution is 0.0337. The highest BCUT2D eigenvalue weighted by atomic mass is 35.5. The molecule has 0 aliphatic carbocycles. The molecule has 3 heteroatoms. The van der Waals surface area contributed by atoms with Gasteiger partial charge in [0.1, 0.15) is 0 Å². The molecule has 0 bridgehead atoms. The zero-order valence-corrected chi connectivity index (χ0v) is 10.4. The first kappa shape index (κ1) is 11.7. The molecule has 2 atom stereocenters. The van der Waals surface area contributed by atoms with E-state index in [0.29, 0.717) is 5.92 Å². The Kier molecular flexibility index (Phi) is 3.59. The molecule has 2 rings (SSSR count). The summed E-state index contributed by atoms with van der Waals surface area (Å²) in [6.07, 6.45) is 3.60. The third-order valence-electron chi connectivity index (χ3n) is 3.72. The zero-order chi connectivity index (χ0) is 10.9.